The van der Waals surface area contributed by atoms with E-state index in [4.69, 9.17) is 0 Å². The predicted molar refractivity (Wildman–Crippen MR) is 135 cm³/mol. The summed E-state index contributed by atoms with van der Waals surface area (Å²) in [7, 11) is 0. The van der Waals surface area contributed by atoms with Crippen LogP contribution in [0.1, 0.15) is 15.9 Å². The number of carboxylic acid groups (broad SMARTS) is 1. The van der Waals surface area contributed by atoms with Crippen LogP contribution in [0.4, 0.5) is 10.8 Å². The fourth-order valence-corrected chi connectivity index (χ4v) is 4.25. The van der Waals surface area contributed by atoms with Crippen LogP contribution in [0.2, 0.25) is 0 Å². The van der Waals surface area contributed by atoms with Crippen LogP contribution in [0.5, 0.6) is 5.75 Å². The number of aliphatic carboxylic acids is 1. The third-order valence-corrected chi connectivity index (χ3v) is 6.17. The second-order valence-electron chi connectivity index (χ2n) is 7.91. The number of hydrogen-bond donors (Lipinski definition) is 4. The van der Waals surface area contributed by atoms with E-state index in [0.29, 0.717) is 17.0 Å². The van der Waals surface area contributed by atoms with E-state index in [0.717, 1.165) is 16.4 Å². The Hall–Kier alpha value is -4.77. The van der Waals surface area contributed by atoms with Crippen LogP contribution < -0.4 is 10.6 Å². The topological polar surface area (TPSA) is 142 Å². The van der Waals surface area contributed by atoms with Crippen molar-refractivity contribution in [1.82, 2.24) is 24.9 Å². The van der Waals surface area contributed by atoms with E-state index >= 15 is 0 Å². The number of phenols is 1. The Bertz CT molecular complexity index is 1520. The van der Waals surface area contributed by atoms with E-state index in [2.05, 4.69) is 25.8 Å². The number of pyridine rings is 1. The zero-order valence-electron chi connectivity index (χ0n) is 18.7. The number of benzene rings is 2. The molecule has 0 saturated carbocycles. The molecule has 3 heterocycles. The van der Waals surface area contributed by atoms with Gasteiger partial charge in [0, 0.05) is 35.4 Å². The second-order valence-corrected chi connectivity index (χ2v) is 8.81. The van der Waals surface area contributed by atoms with Crippen LogP contribution in [0.3, 0.4) is 0 Å². The predicted octanol–water partition coefficient (Wildman–Crippen LogP) is 3.73. The molecule has 36 heavy (non-hydrogen) atoms. The van der Waals surface area contributed by atoms with Gasteiger partial charge in [0.2, 0.25) is 0 Å². The molecule has 5 rings (SSSR count). The molecule has 10 nitrogen and oxygen atoms in total. The average molecular weight is 501 g/mol. The van der Waals surface area contributed by atoms with Gasteiger partial charge in [-0.25, -0.2) is 9.78 Å². The highest BCUT2D eigenvalue weighted by Crippen LogP contribution is 2.24. The normalized spacial score (nSPS) is 11.8. The summed E-state index contributed by atoms with van der Waals surface area (Å²) in [5.41, 5.74) is 2.84. The number of carbonyl (C=O) groups excluding carboxylic acids is 1. The number of aromatic nitrogens is 4. The maximum atomic E-state index is 13.1. The van der Waals surface area contributed by atoms with Crippen molar-refractivity contribution in [3.8, 4) is 17.1 Å². The number of thiazole rings is 1. The number of nitrogens with one attached hydrogen (secondary N) is 2. The van der Waals surface area contributed by atoms with Gasteiger partial charge >= 0.3 is 5.97 Å². The minimum atomic E-state index is -1.17. The fraction of sp³-hybridized carbons (Fsp3) is 0.0800. The van der Waals surface area contributed by atoms with E-state index in [1.54, 1.807) is 41.1 Å². The van der Waals surface area contributed by atoms with Crippen molar-refractivity contribution in [3.63, 3.8) is 0 Å². The molecule has 0 bridgehead atoms. The summed E-state index contributed by atoms with van der Waals surface area (Å²) in [6.07, 6.45) is 3.53. The third-order valence-electron chi connectivity index (χ3n) is 5.49. The lowest BCUT2D eigenvalue weighted by molar-refractivity contribution is -0.139. The van der Waals surface area contributed by atoms with Crippen LogP contribution >= 0.6 is 11.3 Å². The van der Waals surface area contributed by atoms with Crippen LogP contribution in [-0.2, 0) is 11.2 Å². The van der Waals surface area contributed by atoms with Crippen molar-refractivity contribution in [2.75, 3.05) is 5.32 Å². The molecule has 1 atom stereocenters. The molecule has 0 aliphatic carbocycles. The summed E-state index contributed by atoms with van der Waals surface area (Å²) < 4.78 is 1.69. The standard InChI is InChI=1S/C25H20N6O4S/c32-18-9-3-15(4-10-18)14-20(24(34)35)28-23(33)19-2-1-12-31-21(29-30-22(19)31)16-5-7-17(8-6-16)27-25-26-11-13-36-25/h1-13,20,32H,14H2,(H,26,27)(H,28,33)(H,34,35)/t20-/m0/s1. The summed E-state index contributed by atoms with van der Waals surface area (Å²) in [5.74, 6) is -1.13. The Labute approximate surface area is 208 Å². The largest absolute Gasteiger partial charge is 0.508 e. The first-order chi connectivity index (χ1) is 17.5. The third kappa shape index (κ3) is 4.86. The van der Waals surface area contributed by atoms with Gasteiger partial charge in [0.25, 0.3) is 5.91 Å². The lowest BCUT2D eigenvalue weighted by Gasteiger charge is -2.15. The molecule has 0 radical (unpaired) electrons. The number of nitrogens with zero attached hydrogens (tertiary/aromatic N) is 4. The molecule has 5 aromatic rings. The van der Waals surface area contributed by atoms with Gasteiger partial charge in [-0.2, -0.15) is 0 Å². The Kier molecular flexibility index (Phi) is 6.29. The van der Waals surface area contributed by atoms with Gasteiger partial charge in [-0.05, 0) is 54.1 Å². The fourth-order valence-electron chi connectivity index (χ4n) is 3.71. The van der Waals surface area contributed by atoms with Crippen LogP contribution in [0, 0.1) is 0 Å². The van der Waals surface area contributed by atoms with Gasteiger partial charge < -0.3 is 20.8 Å². The Morgan fingerprint density at radius 3 is 2.50 bits per heavy atom. The smallest absolute Gasteiger partial charge is 0.326 e. The highest BCUT2D eigenvalue weighted by atomic mass is 32.1. The SMILES string of the molecule is O=C(N[C@@H](Cc1ccc(O)cc1)C(=O)O)c1cccn2c(-c3ccc(Nc4nccs4)cc3)nnc12. The van der Waals surface area contributed by atoms with Crippen molar-refractivity contribution >= 4 is 39.7 Å². The van der Waals surface area contributed by atoms with E-state index in [9.17, 15) is 19.8 Å². The van der Waals surface area contributed by atoms with E-state index in [1.807, 2.05) is 29.6 Å². The van der Waals surface area contributed by atoms with Crippen LogP contribution in [0.25, 0.3) is 17.0 Å². The van der Waals surface area contributed by atoms with Gasteiger partial charge in [-0.3, -0.25) is 9.20 Å². The number of phenolic OH excluding ortho intramolecular Hbond substituents is 1. The molecule has 0 aliphatic rings. The van der Waals surface area contributed by atoms with Crippen molar-refractivity contribution in [1.29, 1.82) is 0 Å². The van der Waals surface area contributed by atoms with Gasteiger partial charge in [-0.15, -0.1) is 21.5 Å². The first-order valence-corrected chi connectivity index (χ1v) is 11.8. The summed E-state index contributed by atoms with van der Waals surface area (Å²) in [6, 6.07) is 15.8. The number of rotatable bonds is 8. The van der Waals surface area contributed by atoms with Crippen LogP contribution in [-0.4, -0.2) is 47.7 Å². The van der Waals surface area contributed by atoms with Gasteiger partial charge in [0.1, 0.15) is 11.8 Å². The Morgan fingerprint density at radius 1 is 1.03 bits per heavy atom. The molecular formula is C25H20N6O4S. The average Bonchev–Trinajstić information content (AvgIpc) is 3.55. The highest BCUT2D eigenvalue weighted by Gasteiger charge is 2.23. The number of fused-ring (bicyclic) bond motifs is 1. The Morgan fingerprint density at radius 2 is 1.81 bits per heavy atom. The van der Waals surface area contributed by atoms with Crippen LogP contribution in [0.15, 0.2) is 78.4 Å². The van der Waals surface area contributed by atoms with E-state index in [-0.39, 0.29) is 17.7 Å². The molecule has 4 N–H and O–H groups in total. The first-order valence-electron chi connectivity index (χ1n) is 10.9. The Balaban J connectivity index is 1.37. The zero-order valence-corrected chi connectivity index (χ0v) is 19.5. The van der Waals surface area contributed by atoms with E-state index < -0.39 is 17.9 Å². The number of amides is 1. The lowest BCUT2D eigenvalue weighted by Crippen LogP contribution is -2.42. The molecule has 180 valence electrons. The molecule has 3 aromatic heterocycles. The second kappa shape index (κ2) is 9.84. The molecule has 0 saturated heterocycles. The lowest BCUT2D eigenvalue weighted by atomic mass is 10.1. The summed E-state index contributed by atoms with van der Waals surface area (Å²) in [5, 5.41) is 36.0. The first kappa shape index (κ1) is 23.0. The summed E-state index contributed by atoms with van der Waals surface area (Å²) >= 11 is 1.50. The van der Waals surface area contributed by atoms with Gasteiger partial charge in [0.15, 0.2) is 16.6 Å². The molecule has 11 heteroatoms. The number of aromatic hydroxyl groups is 1. The minimum Gasteiger partial charge on any atom is -0.508 e. The number of anilines is 2. The molecule has 0 unspecified atom stereocenters. The van der Waals surface area contributed by atoms with Crippen molar-refractivity contribution in [2.24, 2.45) is 0 Å². The maximum Gasteiger partial charge on any atom is 0.326 e. The number of hydrogen-bond acceptors (Lipinski definition) is 8. The highest BCUT2D eigenvalue weighted by molar-refractivity contribution is 7.13. The van der Waals surface area contributed by atoms with Gasteiger partial charge in [0.05, 0.1) is 5.56 Å². The number of carbonyl (C=O) groups is 2. The zero-order chi connectivity index (χ0) is 25.1. The molecule has 1 amide bonds. The minimum absolute atomic E-state index is 0.0593. The molecular weight excluding hydrogens is 480 g/mol. The van der Waals surface area contributed by atoms with Crippen molar-refractivity contribution in [2.45, 2.75) is 12.5 Å². The quantitative estimate of drug-likeness (QED) is 0.253. The number of carboxylic acids is 1. The maximum absolute atomic E-state index is 13.1. The van der Waals surface area contributed by atoms with Crippen molar-refractivity contribution in [3.05, 3.63) is 89.6 Å². The molecule has 0 spiro atoms. The monoisotopic (exact) mass is 500 g/mol. The molecule has 0 fully saturated rings. The van der Waals surface area contributed by atoms with E-state index in [1.165, 1.54) is 23.5 Å². The summed E-state index contributed by atoms with van der Waals surface area (Å²) in [4.78, 5) is 29.1. The molecule has 0 aliphatic heterocycles. The van der Waals surface area contributed by atoms with Gasteiger partial charge in [-0.1, -0.05) is 12.1 Å². The summed E-state index contributed by atoms with van der Waals surface area (Å²) in [6.45, 7) is 0. The van der Waals surface area contributed by atoms with Crippen molar-refractivity contribution < 1.29 is 19.8 Å². The molecule has 2 aromatic carbocycles.